The minimum Gasteiger partial charge on any atom is -0.346 e. The molecule has 0 radical (unpaired) electrons. The van der Waals surface area contributed by atoms with Crippen molar-refractivity contribution >= 4 is 5.91 Å². The number of rotatable bonds is 4. The van der Waals surface area contributed by atoms with E-state index in [9.17, 15) is 4.79 Å². The summed E-state index contributed by atoms with van der Waals surface area (Å²) in [5.41, 5.74) is 0.297. The van der Waals surface area contributed by atoms with Crippen LogP contribution in [0.3, 0.4) is 0 Å². The highest BCUT2D eigenvalue weighted by Crippen LogP contribution is 2.10. The molecule has 0 fully saturated rings. The molecule has 0 saturated heterocycles. The first-order valence-electron chi connectivity index (χ1n) is 5.38. The number of carbonyl (C=O) groups excluding carboxylic acids is 1. The average molecular weight is 221 g/mol. The fourth-order valence-corrected chi connectivity index (χ4v) is 1.20. The van der Waals surface area contributed by atoms with Crippen LogP contribution in [0.2, 0.25) is 0 Å². The molecule has 0 unspecified atom stereocenters. The second-order valence-electron chi connectivity index (χ2n) is 4.32. The topological polar surface area (TPSA) is 54.0 Å². The summed E-state index contributed by atoms with van der Waals surface area (Å²) in [5.74, 6) is -0.0341. The van der Waals surface area contributed by atoms with Gasteiger partial charge in [0.05, 0.1) is 17.3 Å². The van der Waals surface area contributed by atoms with E-state index >= 15 is 0 Å². The van der Waals surface area contributed by atoms with E-state index in [4.69, 9.17) is 0 Å². The maximum atomic E-state index is 11.9. The second-order valence-corrected chi connectivity index (χ2v) is 4.32. The molecule has 1 heterocycles. The Morgan fingerprint density at radius 3 is 2.62 bits per heavy atom. The van der Waals surface area contributed by atoms with Gasteiger partial charge in [-0.05, 0) is 40.0 Å². The average Bonchev–Trinajstić information content (AvgIpc) is 2.30. The van der Waals surface area contributed by atoms with Gasteiger partial charge in [-0.15, -0.1) is 0 Å². The molecule has 0 saturated carbocycles. The largest absolute Gasteiger partial charge is 0.346 e. The van der Waals surface area contributed by atoms with Gasteiger partial charge in [-0.1, -0.05) is 6.07 Å². The molecule has 0 aliphatic rings. The molecule has 1 aromatic heterocycles. The lowest BCUT2D eigenvalue weighted by atomic mass is 10.0. The molecule has 16 heavy (non-hydrogen) atoms. The lowest BCUT2D eigenvalue weighted by Crippen LogP contribution is -2.51. The van der Waals surface area contributed by atoms with Crippen LogP contribution >= 0.6 is 0 Å². The van der Waals surface area contributed by atoms with E-state index in [0.717, 1.165) is 5.69 Å². The van der Waals surface area contributed by atoms with Crippen LogP contribution in [0.4, 0.5) is 0 Å². The highest BCUT2D eigenvalue weighted by Gasteiger charge is 2.26. The highest BCUT2D eigenvalue weighted by atomic mass is 16.2. The molecule has 0 spiro atoms. The third kappa shape index (κ3) is 3.03. The zero-order chi connectivity index (χ0) is 12.2. The van der Waals surface area contributed by atoms with Crippen molar-refractivity contribution < 1.29 is 4.79 Å². The first kappa shape index (κ1) is 12.6. The van der Waals surface area contributed by atoms with E-state index < -0.39 is 5.54 Å². The van der Waals surface area contributed by atoms with Gasteiger partial charge in [-0.2, -0.15) is 0 Å². The van der Waals surface area contributed by atoms with E-state index in [-0.39, 0.29) is 11.9 Å². The molecular formula is C12H19N3O. The fraction of sp³-hybridized carbons (Fsp3) is 0.500. The zero-order valence-corrected chi connectivity index (χ0v) is 10.2. The van der Waals surface area contributed by atoms with Crippen LogP contribution in [0.15, 0.2) is 24.4 Å². The van der Waals surface area contributed by atoms with E-state index in [2.05, 4.69) is 15.6 Å². The summed E-state index contributed by atoms with van der Waals surface area (Å²) < 4.78 is 0. The Morgan fingerprint density at radius 1 is 1.44 bits per heavy atom. The molecule has 2 N–H and O–H groups in total. The predicted molar refractivity (Wildman–Crippen MR) is 63.9 cm³/mol. The number of likely N-dealkylation sites (N-methyl/N-ethyl adjacent to an activating group) is 1. The van der Waals surface area contributed by atoms with Crippen molar-refractivity contribution in [3.63, 3.8) is 0 Å². The molecule has 0 aliphatic heterocycles. The molecule has 0 bridgehead atoms. The molecule has 4 nitrogen and oxygen atoms in total. The number of hydrogen-bond acceptors (Lipinski definition) is 3. The number of aromatic nitrogens is 1. The summed E-state index contributed by atoms with van der Waals surface area (Å²) in [6.45, 7) is 5.60. The molecule has 0 aromatic carbocycles. The second kappa shape index (κ2) is 5.07. The van der Waals surface area contributed by atoms with Crippen molar-refractivity contribution in [2.45, 2.75) is 32.4 Å². The lowest BCUT2D eigenvalue weighted by molar-refractivity contribution is -0.126. The molecular weight excluding hydrogens is 202 g/mol. The monoisotopic (exact) mass is 221 g/mol. The van der Waals surface area contributed by atoms with E-state index in [1.54, 1.807) is 13.2 Å². The summed E-state index contributed by atoms with van der Waals surface area (Å²) in [5, 5.41) is 5.89. The number of nitrogens with zero attached hydrogens (tertiary/aromatic N) is 1. The minimum absolute atomic E-state index is 0.0341. The van der Waals surface area contributed by atoms with Crippen molar-refractivity contribution in [2.75, 3.05) is 7.05 Å². The number of hydrogen-bond donors (Lipinski definition) is 2. The lowest BCUT2D eigenvalue weighted by Gasteiger charge is -2.25. The number of amides is 1. The van der Waals surface area contributed by atoms with Gasteiger partial charge in [-0.25, -0.2) is 0 Å². The fourth-order valence-electron chi connectivity index (χ4n) is 1.20. The summed E-state index contributed by atoms with van der Waals surface area (Å²) in [6.07, 6.45) is 1.72. The number of pyridine rings is 1. The zero-order valence-electron chi connectivity index (χ0n) is 10.2. The van der Waals surface area contributed by atoms with Gasteiger partial charge in [0.2, 0.25) is 5.91 Å². The van der Waals surface area contributed by atoms with E-state index in [1.807, 2.05) is 39.0 Å². The van der Waals surface area contributed by atoms with Crippen molar-refractivity contribution in [3.8, 4) is 0 Å². The third-order valence-electron chi connectivity index (χ3n) is 2.67. The molecule has 4 heteroatoms. The Balaban J connectivity index is 2.66. The van der Waals surface area contributed by atoms with Gasteiger partial charge in [0, 0.05) is 6.20 Å². The van der Waals surface area contributed by atoms with E-state index in [0.29, 0.717) is 0 Å². The van der Waals surface area contributed by atoms with E-state index in [1.165, 1.54) is 0 Å². The smallest absolute Gasteiger partial charge is 0.240 e. The summed E-state index contributed by atoms with van der Waals surface area (Å²) in [4.78, 5) is 16.1. The Morgan fingerprint density at radius 2 is 2.12 bits per heavy atom. The van der Waals surface area contributed by atoms with Crippen LogP contribution in [-0.4, -0.2) is 23.5 Å². The maximum absolute atomic E-state index is 11.9. The SMILES string of the molecule is CNC(C)(C)C(=O)N[C@@H](C)c1ccccn1. The van der Waals surface area contributed by atoms with Crippen molar-refractivity contribution in [2.24, 2.45) is 0 Å². The number of carbonyl (C=O) groups is 1. The molecule has 0 aliphatic carbocycles. The standard InChI is InChI=1S/C12H19N3O/c1-9(10-7-5-6-8-14-10)15-11(16)12(2,3)13-4/h5-9,13H,1-4H3,(H,15,16)/t9-/m0/s1. The molecule has 1 atom stereocenters. The van der Waals surface area contributed by atoms with Gasteiger partial charge in [0.25, 0.3) is 0 Å². The Hall–Kier alpha value is -1.42. The van der Waals surface area contributed by atoms with Gasteiger partial charge in [0.1, 0.15) is 0 Å². The van der Waals surface area contributed by atoms with Crippen LogP contribution in [0.25, 0.3) is 0 Å². The summed E-state index contributed by atoms with van der Waals surface area (Å²) in [7, 11) is 1.77. The predicted octanol–water partition coefficient (Wildman–Crippen LogP) is 1.26. The quantitative estimate of drug-likeness (QED) is 0.804. The van der Waals surface area contributed by atoms with Gasteiger partial charge >= 0.3 is 0 Å². The normalized spacial score (nSPS) is 13.2. The first-order valence-corrected chi connectivity index (χ1v) is 5.38. The molecule has 88 valence electrons. The Bertz CT molecular complexity index is 349. The van der Waals surface area contributed by atoms with Crippen LogP contribution in [0, 0.1) is 0 Å². The molecule has 1 amide bonds. The van der Waals surface area contributed by atoms with Crippen LogP contribution in [-0.2, 0) is 4.79 Å². The van der Waals surface area contributed by atoms with Crippen LogP contribution < -0.4 is 10.6 Å². The van der Waals surface area contributed by atoms with Crippen LogP contribution in [0.5, 0.6) is 0 Å². The van der Waals surface area contributed by atoms with Gasteiger partial charge in [-0.3, -0.25) is 9.78 Å². The minimum atomic E-state index is -0.566. The van der Waals surface area contributed by atoms with Gasteiger partial charge < -0.3 is 10.6 Å². The Kier molecular flexibility index (Phi) is 4.01. The van der Waals surface area contributed by atoms with Crippen molar-refractivity contribution in [1.82, 2.24) is 15.6 Å². The van der Waals surface area contributed by atoms with Crippen molar-refractivity contribution in [1.29, 1.82) is 0 Å². The summed E-state index contributed by atoms with van der Waals surface area (Å²) >= 11 is 0. The van der Waals surface area contributed by atoms with Crippen molar-refractivity contribution in [3.05, 3.63) is 30.1 Å². The molecule has 1 rings (SSSR count). The first-order chi connectivity index (χ1) is 7.47. The van der Waals surface area contributed by atoms with Crippen LogP contribution in [0.1, 0.15) is 32.5 Å². The molecule has 1 aromatic rings. The third-order valence-corrected chi connectivity index (χ3v) is 2.67. The summed E-state index contributed by atoms with van der Waals surface area (Å²) in [6, 6.07) is 5.59. The number of nitrogens with one attached hydrogen (secondary N) is 2. The van der Waals surface area contributed by atoms with Gasteiger partial charge in [0.15, 0.2) is 0 Å². The highest BCUT2D eigenvalue weighted by molar-refractivity contribution is 5.85. The Labute approximate surface area is 96.5 Å². The maximum Gasteiger partial charge on any atom is 0.240 e.